The first-order chi connectivity index (χ1) is 13.7. The van der Waals surface area contributed by atoms with Crippen molar-refractivity contribution in [3.63, 3.8) is 0 Å². The van der Waals surface area contributed by atoms with Gasteiger partial charge in [0.05, 0.1) is 6.61 Å². The molecule has 1 N–H and O–H groups in total. The smallest absolute Gasteiger partial charge is 0.255 e. The van der Waals surface area contributed by atoms with Gasteiger partial charge in [0, 0.05) is 17.3 Å². The van der Waals surface area contributed by atoms with Crippen LogP contribution in [-0.2, 0) is 0 Å². The summed E-state index contributed by atoms with van der Waals surface area (Å²) in [5.41, 5.74) is 1.20. The second kappa shape index (κ2) is 10.0. The molecule has 0 heterocycles. The van der Waals surface area contributed by atoms with E-state index in [1.807, 2.05) is 61.5 Å². The minimum absolute atomic E-state index is 0.203. The molecule has 0 aliphatic carbocycles. The van der Waals surface area contributed by atoms with E-state index in [4.69, 9.17) is 14.2 Å². The first-order valence-corrected chi connectivity index (χ1v) is 9.19. The van der Waals surface area contributed by atoms with Crippen LogP contribution in [-0.4, -0.2) is 25.7 Å². The first-order valence-electron chi connectivity index (χ1n) is 9.19. The minimum Gasteiger partial charge on any atom is -0.494 e. The number of nitrogens with one attached hydrogen (secondary N) is 1. The van der Waals surface area contributed by atoms with Crippen molar-refractivity contribution in [3.8, 4) is 17.2 Å². The summed E-state index contributed by atoms with van der Waals surface area (Å²) in [5, 5.41) is 2.88. The second-order valence-corrected chi connectivity index (χ2v) is 5.95. The Kier molecular flexibility index (Phi) is 6.90. The third-order valence-electron chi connectivity index (χ3n) is 3.86. The van der Waals surface area contributed by atoms with Crippen LogP contribution in [0.1, 0.15) is 17.3 Å². The van der Waals surface area contributed by atoms with Crippen LogP contribution in [0.15, 0.2) is 78.9 Å². The molecule has 28 heavy (non-hydrogen) atoms. The van der Waals surface area contributed by atoms with E-state index in [2.05, 4.69) is 5.32 Å². The molecule has 0 radical (unpaired) electrons. The Hall–Kier alpha value is -3.47. The molecule has 0 spiro atoms. The molecule has 0 aromatic heterocycles. The number of carbonyl (C=O) groups is 1. The Bertz CT molecular complexity index is 896. The van der Waals surface area contributed by atoms with Crippen molar-refractivity contribution < 1.29 is 19.0 Å². The Balaban J connectivity index is 1.52. The lowest BCUT2D eigenvalue weighted by atomic mass is 10.2. The number of para-hydroxylation sites is 1. The average molecular weight is 377 g/mol. The van der Waals surface area contributed by atoms with E-state index in [1.165, 1.54) is 0 Å². The molecule has 1 amide bonds. The summed E-state index contributed by atoms with van der Waals surface area (Å²) in [6.45, 7) is 3.30. The summed E-state index contributed by atoms with van der Waals surface area (Å²) in [4.78, 5) is 12.5. The summed E-state index contributed by atoms with van der Waals surface area (Å²) in [5.74, 6) is 1.94. The monoisotopic (exact) mass is 377 g/mol. The van der Waals surface area contributed by atoms with Crippen LogP contribution >= 0.6 is 0 Å². The van der Waals surface area contributed by atoms with Crippen molar-refractivity contribution in [2.75, 3.05) is 25.1 Å². The largest absolute Gasteiger partial charge is 0.494 e. The normalized spacial score (nSPS) is 10.2. The quantitative estimate of drug-likeness (QED) is 0.545. The van der Waals surface area contributed by atoms with Crippen molar-refractivity contribution in [1.82, 2.24) is 0 Å². The Labute approximate surface area is 164 Å². The molecule has 0 aliphatic rings. The summed E-state index contributed by atoms with van der Waals surface area (Å²) in [6.07, 6.45) is 0. The van der Waals surface area contributed by atoms with E-state index < -0.39 is 0 Å². The lowest BCUT2D eigenvalue weighted by Crippen LogP contribution is -2.12. The van der Waals surface area contributed by atoms with Crippen LogP contribution in [0, 0.1) is 0 Å². The maximum atomic E-state index is 12.5. The number of rotatable bonds is 9. The summed E-state index contributed by atoms with van der Waals surface area (Å²) in [6, 6.07) is 24.0. The van der Waals surface area contributed by atoms with Gasteiger partial charge in [0.2, 0.25) is 0 Å². The molecule has 0 saturated heterocycles. The van der Waals surface area contributed by atoms with E-state index in [1.54, 1.807) is 24.3 Å². The maximum absolute atomic E-state index is 12.5. The highest BCUT2D eigenvalue weighted by atomic mass is 16.5. The van der Waals surface area contributed by atoms with Gasteiger partial charge in [0.15, 0.2) is 0 Å². The molecule has 0 bridgehead atoms. The summed E-state index contributed by atoms with van der Waals surface area (Å²) >= 11 is 0. The van der Waals surface area contributed by atoms with Crippen LogP contribution in [0.4, 0.5) is 5.69 Å². The number of hydrogen-bond donors (Lipinski definition) is 1. The predicted molar refractivity (Wildman–Crippen MR) is 109 cm³/mol. The zero-order valence-corrected chi connectivity index (χ0v) is 15.8. The SMILES string of the molecule is CCOc1cccc(C(=O)Nc2cccc(OCCOc3ccccc3)c2)c1. The fraction of sp³-hybridized carbons (Fsp3) is 0.174. The number of amides is 1. The van der Waals surface area contributed by atoms with E-state index in [0.29, 0.717) is 42.6 Å². The van der Waals surface area contributed by atoms with Gasteiger partial charge in [-0.15, -0.1) is 0 Å². The van der Waals surface area contributed by atoms with Crippen molar-refractivity contribution in [2.45, 2.75) is 6.92 Å². The van der Waals surface area contributed by atoms with Crippen molar-refractivity contribution in [1.29, 1.82) is 0 Å². The van der Waals surface area contributed by atoms with Gasteiger partial charge in [-0.25, -0.2) is 0 Å². The van der Waals surface area contributed by atoms with Gasteiger partial charge in [-0.05, 0) is 49.4 Å². The van der Waals surface area contributed by atoms with Gasteiger partial charge in [-0.2, -0.15) is 0 Å². The van der Waals surface area contributed by atoms with E-state index in [9.17, 15) is 4.79 Å². The minimum atomic E-state index is -0.203. The second-order valence-electron chi connectivity index (χ2n) is 5.95. The predicted octanol–water partition coefficient (Wildman–Crippen LogP) is 4.80. The first kappa shape index (κ1) is 19.3. The van der Waals surface area contributed by atoms with Gasteiger partial charge in [0.25, 0.3) is 5.91 Å². The van der Waals surface area contributed by atoms with Crippen molar-refractivity contribution in [3.05, 3.63) is 84.4 Å². The van der Waals surface area contributed by atoms with Crippen molar-refractivity contribution >= 4 is 11.6 Å². The molecule has 144 valence electrons. The van der Waals surface area contributed by atoms with Gasteiger partial charge >= 0.3 is 0 Å². The molecule has 3 aromatic carbocycles. The topological polar surface area (TPSA) is 56.8 Å². The summed E-state index contributed by atoms with van der Waals surface area (Å²) < 4.78 is 16.8. The van der Waals surface area contributed by atoms with Crippen LogP contribution in [0.3, 0.4) is 0 Å². The van der Waals surface area contributed by atoms with E-state index in [-0.39, 0.29) is 5.91 Å². The number of carbonyl (C=O) groups excluding carboxylic acids is 1. The van der Waals surface area contributed by atoms with Crippen LogP contribution in [0.2, 0.25) is 0 Å². The third-order valence-corrected chi connectivity index (χ3v) is 3.86. The molecule has 5 heteroatoms. The fourth-order valence-corrected chi connectivity index (χ4v) is 2.60. The fourth-order valence-electron chi connectivity index (χ4n) is 2.60. The molecular weight excluding hydrogens is 354 g/mol. The molecule has 3 aromatic rings. The Morgan fingerprint density at radius 2 is 1.39 bits per heavy atom. The number of ether oxygens (including phenoxy) is 3. The molecule has 0 aliphatic heterocycles. The Morgan fingerprint density at radius 3 is 2.14 bits per heavy atom. The highest BCUT2D eigenvalue weighted by molar-refractivity contribution is 6.04. The molecule has 3 rings (SSSR count). The number of hydrogen-bond acceptors (Lipinski definition) is 4. The highest BCUT2D eigenvalue weighted by Gasteiger charge is 2.08. The highest BCUT2D eigenvalue weighted by Crippen LogP contribution is 2.19. The molecule has 0 saturated carbocycles. The molecular formula is C23H23NO4. The van der Waals surface area contributed by atoms with Crippen LogP contribution < -0.4 is 19.5 Å². The van der Waals surface area contributed by atoms with Gasteiger partial charge in [-0.1, -0.05) is 30.3 Å². The molecule has 5 nitrogen and oxygen atoms in total. The van der Waals surface area contributed by atoms with Crippen molar-refractivity contribution in [2.24, 2.45) is 0 Å². The molecule has 0 fully saturated rings. The molecule has 0 atom stereocenters. The standard InChI is InChI=1S/C23H23NO4/c1-2-26-21-12-6-8-18(16-21)23(25)24-19-9-7-13-22(17-19)28-15-14-27-20-10-4-3-5-11-20/h3-13,16-17H,2,14-15H2,1H3,(H,24,25). The average Bonchev–Trinajstić information content (AvgIpc) is 2.73. The zero-order chi connectivity index (χ0) is 19.6. The van der Waals surface area contributed by atoms with E-state index in [0.717, 1.165) is 5.75 Å². The third kappa shape index (κ3) is 5.77. The summed E-state index contributed by atoms with van der Waals surface area (Å²) in [7, 11) is 0. The lowest BCUT2D eigenvalue weighted by molar-refractivity contribution is 0.102. The zero-order valence-electron chi connectivity index (χ0n) is 15.8. The number of anilines is 1. The van der Waals surface area contributed by atoms with Gasteiger partial charge in [0.1, 0.15) is 30.5 Å². The van der Waals surface area contributed by atoms with Crippen LogP contribution in [0.5, 0.6) is 17.2 Å². The van der Waals surface area contributed by atoms with Gasteiger partial charge in [-0.3, -0.25) is 4.79 Å². The van der Waals surface area contributed by atoms with E-state index >= 15 is 0 Å². The lowest BCUT2D eigenvalue weighted by Gasteiger charge is -2.11. The van der Waals surface area contributed by atoms with Crippen LogP contribution in [0.25, 0.3) is 0 Å². The Morgan fingerprint density at radius 1 is 0.750 bits per heavy atom. The maximum Gasteiger partial charge on any atom is 0.255 e. The number of benzene rings is 3. The van der Waals surface area contributed by atoms with Gasteiger partial charge < -0.3 is 19.5 Å². The molecule has 0 unspecified atom stereocenters.